The van der Waals surface area contributed by atoms with E-state index in [0.29, 0.717) is 5.56 Å². The molecule has 3 nitrogen and oxygen atoms in total. The largest absolute Gasteiger partial charge is 0.573 e. The molecule has 0 radical (unpaired) electrons. The molecule has 20 heavy (non-hydrogen) atoms. The van der Waals surface area contributed by atoms with E-state index in [-0.39, 0.29) is 18.0 Å². The van der Waals surface area contributed by atoms with Gasteiger partial charge >= 0.3 is 6.36 Å². The number of nitrogens with one attached hydrogen (secondary N) is 1. The van der Waals surface area contributed by atoms with Crippen molar-refractivity contribution in [3.8, 4) is 5.75 Å². The lowest BCUT2D eigenvalue weighted by atomic mass is 10.2. The minimum absolute atomic E-state index is 0.128. The zero-order valence-electron chi connectivity index (χ0n) is 10.1. The number of alkyl halides is 3. The minimum Gasteiger partial charge on any atom is -0.404 e. The molecule has 0 spiro atoms. The van der Waals surface area contributed by atoms with Crippen LogP contribution >= 0.6 is 0 Å². The van der Waals surface area contributed by atoms with Crippen LogP contribution in [0.2, 0.25) is 0 Å². The Labute approximate surface area is 112 Å². The molecule has 0 atom stereocenters. The number of nitrogens with zero attached hydrogens (tertiary/aromatic N) is 1. The zero-order valence-corrected chi connectivity index (χ0v) is 10.1. The normalized spacial score (nSPS) is 11.2. The van der Waals surface area contributed by atoms with E-state index in [0.717, 1.165) is 6.20 Å². The molecule has 0 aliphatic rings. The van der Waals surface area contributed by atoms with Crippen LogP contribution in [0.4, 0.5) is 23.2 Å². The number of hydrogen-bond donors (Lipinski definition) is 1. The first-order valence-electron chi connectivity index (χ1n) is 5.62. The maximum atomic E-state index is 12.9. The van der Waals surface area contributed by atoms with Gasteiger partial charge in [0.2, 0.25) is 0 Å². The van der Waals surface area contributed by atoms with E-state index in [9.17, 15) is 17.6 Å². The Morgan fingerprint density at radius 3 is 2.60 bits per heavy atom. The lowest BCUT2D eigenvalue weighted by molar-refractivity contribution is -0.274. The van der Waals surface area contributed by atoms with Crippen molar-refractivity contribution in [3.63, 3.8) is 0 Å². The molecule has 0 amide bonds. The van der Waals surface area contributed by atoms with Gasteiger partial charge in [-0.1, -0.05) is 12.1 Å². The number of pyridine rings is 1. The quantitative estimate of drug-likeness (QED) is 0.870. The van der Waals surface area contributed by atoms with Crippen molar-refractivity contribution in [1.82, 2.24) is 4.98 Å². The van der Waals surface area contributed by atoms with Crippen molar-refractivity contribution in [2.24, 2.45) is 0 Å². The average molecular weight is 286 g/mol. The molecule has 1 aromatic heterocycles. The Hall–Kier alpha value is -2.31. The zero-order chi connectivity index (χ0) is 14.6. The smallest absolute Gasteiger partial charge is 0.404 e. The fraction of sp³-hybridized carbons (Fsp3) is 0.154. The van der Waals surface area contributed by atoms with Crippen molar-refractivity contribution in [1.29, 1.82) is 0 Å². The number of anilines is 1. The Morgan fingerprint density at radius 2 is 1.90 bits per heavy atom. The van der Waals surface area contributed by atoms with E-state index < -0.39 is 12.2 Å². The van der Waals surface area contributed by atoms with Crippen LogP contribution in [-0.4, -0.2) is 11.3 Å². The van der Waals surface area contributed by atoms with Crippen molar-refractivity contribution in [3.05, 3.63) is 54.1 Å². The summed E-state index contributed by atoms with van der Waals surface area (Å²) in [5, 5.41) is 2.75. The highest BCUT2D eigenvalue weighted by Crippen LogP contribution is 2.30. The first-order valence-corrected chi connectivity index (χ1v) is 5.62. The predicted octanol–water partition coefficient (Wildman–Crippen LogP) is 3.73. The summed E-state index contributed by atoms with van der Waals surface area (Å²) in [6.07, 6.45) is -2.30. The highest BCUT2D eigenvalue weighted by molar-refractivity contribution is 5.56. The molecule has 0 fully saturated rings. The molecule has 0 saturated heterocycles. The summed E-state index contributed by atoms with van der Waals surface area (Å²) in [6, 6.07) is 6.87. The van der Waals surface area contributed by atoms with Crippen LogP contribution in [0.1, 0.15) is 5.56 Å². The summed E-state index contributed by atoms with van der Waals surface area (Å²) < 4.78 is 53.5. The van der Waals surface area contributed by atoms with Crippen LogP contribution in [0.15, 0.2) is 42.7 Å². The van der Waals surface area contributed by atoms with Gasteiger partial charge in [0.25, 0.3) is 0 Å². The number of para-hydroxylation sites is 2. The number of rotatable bonds is 4. The fourth-order valence-corrected chi connectivity index (χ4v) is 1.58. The van der Waals surface area contributed by atoms with E-state index >= 15 is 0 Å². The topological polar surface area (TPSA) is 34.2 Å². The summed E-state index contributed by atoms with van der Waals surface area (Å²) >= 11 is 0. The van der Waals surface area contributed by atoms with E-state index in [1.54, 1.807) is 6.07 Å². The first-order chi connectivity index (χ1) is 9.44. The Bertz CT molecular complexity index is 587. The van der Waals surface area contributed by atoms with Gasteiger partial charge in [0.15, 0.2) is 5.75 Å². The van der Waals surface area contributed by atoms with Crippen LogP contribution < -0.4 is 10.1 Å². The molecule has 7 heteroatoms. The molecule has 0 bridgehead atoms. The Morgan fingerprint density at radius 1 is 1.15 bits per heavy atom. The fourth-order valence-electron chi connectivity index (χ4n) is 1.58. The summed E-state index contributed by atoms with van der Waals surface area (Å²) in [5.41, 5.74) is 0.667. The predicted molar refractivity (Wildman–Crippen MR) is 64.6 cm³/mol. The summed E-state index contributed by atoms with van der Waals surface area (Å²) in [7, 11) is 0. The van der Waals surface area contributed by atoms with Gasteiger partial charge in [0.1, 0.15) is 5.82 Å². The van der Waals surface area contributed by atoms with Crippen molar-refractivity contribution in [2.75, 3.05) is 5.32 Å². The van der Waals surface area contributed by atoms with E-state index in [2.05, 4.69) is 15.0 Å². The third kappa shape index (κ3) is 4.11. The van der Waals surface area contributed by atoms with Crippen molar-refractivity contribution >= 4 is 5.69 Å². The number of benzene rings is 1. The SMILES string of the molecule is Fc1cncc(CNc2ccccc2OC(F)(F)F)c1. The third-order valence-electron chi connectivity index (χ3n) is 2.36. The molecular weight excluding hydrogens is 276 g/mol. The molecule has 106 valence electrons. The van der Waals surface area contributed by atoms with Crippen LogP contribution in [0.25, 0.3) is 0 Å². The van der Waals surface area contributed by atoms with Gasteiger partial charge in [0.05, 0.1) is 11.9 Å². The molecule has 0 aliphatic heterocycles. The second-order valence-electron chi connectivity index (χ2n) is 3.91. The summed E-state index contributed by atoms with van der Waals surface area (Å²) in [4.78, 5) is 3.65. The van der Waals surface area contributed by atoms with Crippen molar-refractivity contribution in [2.45, 2.75) is 12.9 Å². The lowest BCUT2D eigenvalue weighted by Crippen LogP contribution is -2.18. The number of ether oxygens (including phenoxy) is 1. The highest BCUT2D eigenvalue weighted by atomic mass is 19.4. The van der Waals surface area contributed by atoms with Crippen LogP contribution in [0.3, 0.4) is 0 Å². The molecule has 0 unspecified atom stereocenters. The lowest BCUT2D eigenvalue weighted by Gasteiger charge is -2.14. The maximum Gasteiger partial charge on any atom is 0.573 e. The maximum absolute atomic E-state index is 12.9. The van der Waals surface area contributed by atoms with Gasteiger partial charge in [-0.3, -0.25) is 4.98 Å². The second kappa shape index (κ2) is 5.77. The van der Waals surface area contributed by atoms with Crippen LogP contribution in [0.5, 0.6) is 5.75 Å². The standard InChI is InChI=1S/C13H10F4N2O/c14-10-5-9(6-18-8-10)7-19-11-3-1-2-4-12(11)20-13(15,16)17/h1-6,8,19H,7H2. The monoisotopic (exact) mass is 286 g/mol. The minimum atomic E-state index is -4.77. The van der Waals surface area contributed by atoms with Gasteiger partial charge in [-0.05, 0) is 23.8 Å². The average Bonchev–Trinajstić information content (AvgIpc) is 2.36. The summed E-state index contributed by atoms with van der Waals surface area (Å²) in [5.74, 6) is -0.853. The Kier molecular flexibility index (Phi) is 4.07. The molecule has 1 heterocycles. The van der Waals surface area contributed by atoms with Gasteiger partial charge in [-0.2, -0.15) is 0 Å². The van der Waals surface area contributed by atoms with E-state index in [4.69, 9.17) is 0 Å². The van der Waals surface area contributed by atoms with E-state index in [1.165, 1.54) is 30.5 Å². The van der Waals surface area contributed by atoms with Gasteiger partial charge in [-0.25, -0.2) is 4.39 Å². The number of aromatic nitrogens is 1. The van der Waals surface area contributed by atoms with E-state index in [1.807, 2.05) is 0 Å². The Balaban J connectivity index is 2.09. The van der Waals surface area contributed by atoms with Gasteiger partial charge in [-0.15, -0.1) is 13.2 Å². The van der Waals surface area contributed by atoms with Gasteiger partial charge < -0.3 is 10.1 Å². The molecule has 1 aromatic carbocycles. The number of hydrogen-bond acceptors (Lipinski definition) is 3. The number of halogens is 4. The molecule has 0 aliphatic carbocycles. The third-order valence-corrected chi connectivity index (χ3v) is 2.36. The van der Waals surface area contributed by atoms with Crippen LogP contribution in [0, 0.1) is 5.82 Å². The summed E-state index contributed by atoms with van der Waals surface area (Å²) in [6.45, 7) is 0.128. The molecule has 1 N–H and O–H groups in total. The molecule has 2 aromatic rings. The van der Waals surface area contributed by atoms with Gasteiger partial charge in [0, 0.05) is 12.7 Å². The highest BCUT2D eigenvalue weighted by Gasteiger charge is 2.32. The molecular formula is C13H10F4N2O. The first kappa shape index (κ1) is 14.1. The van der Waals surface area contributed by atoms with Crippen LogP contribution in [-0.2, 0) is 6.54 Å². The molecule has 0 saturated carbocycles. The molecule has 2 rings (SSSR count). The second-order valence-corrected chi connectivity index (χ2v) is 3.91. The van der Waals surface area contributed by atoms with Crippen molar-refractivity contribution < 1.29 is 22.3 Å².